The SMILES string of the molecule is CCCCc1ccc(NC(=O)c2csc(NC(=O)c3ccc(Cl)cc3)n2)cc1. The van der Waals surface area contributed by atoms with Gasteiger partial charge in [-0.2, -0.15) is 0 Å². The molecule has 144 valence electrons. The van der Waals surface area contributed by atoms with Gasteiger partial charge in [-0.1, -0.05) is 37.1 Å². The molecule has 2 aromatic carbocycles. The van der Waals surface area contributed by atoms with E-state index >= 15 is 0 Å². The molecule has 0 unspecified atom stereocenters. The van der Waals surface area contributed by atoms with Gasteiger partial charge in [-0.3, -0.25) is 14.9 Å². The number of halogens is 1. The number of carbonyl (C=O) groups is 2. The second-order valence-corrected chi connectivity index (χ2v) is 7.55. The van der Waals surface area contributed by atoms with Crippen LogP contribution in [0.3, 0.4) is 0 Å². The molecule has 7 heteroatoms. The predicted molar refractivity (Wildman–Crippen MR) is 115 cm³/mol. The number of unbranched alkanes of at least 4 members (excludes halogenated alkanes) is 1. The van der Waals surface area contributed by atoms with Crippen molar-refractivity contribution in [2.24, 2.45) is 0 Å². The number of thiazole rings is 1. The second kappa shape index (κ2) is 9.48. The third kappa shape index (κ3) is 5.41. The summed E-state index contributed by atoms with van der Waals surface area (Å²) in [6, 6.07) is 14.4. The van der Waals surface area contributed by atoms with Gasteiger partial charge in [0.1, 0.15) is 5.69 Å². The summed E-state index contributed by atoms with van der Waals surface area (Å²) in [6.07, 6.45) is 3.34. The maximum atomic E-state index is 12.4. The summed E-state index contributed by atoms with van der Waals surface area (Å²) < 4.78 is 0. The Kier molecular flexibility index (Phi) is 6.79. The fourth-order valence-electron chi connectivity index (χ4n) is 2.54. The minimum atomic E-state index is -0.315. The highest BCUT2D eigenvalue weighted by Crippen LogP contribution is 2.19. The Morgan fingerprint density at radius 1 is 1.00 bits per heavy atom. The van der Waals surface area contributed by atoms with Crippen LogP contribution < -0.4 is 10.6 Å². The smallest absolute Gasteiger partial charge is 0.275 e. The van der Waals surface area contributed by atoms with E-state index in [1.54, 1.807) is 29.6 Å². The first-order valence-electron chi connectivity index (χ1n) is 8.98. The van der Waals surface area contributed by atoms with Crippen molar-refractivity contribution in [1.29, 1.82) is 0 Å². The number of aromatic nitrogens is 1. The molecule has 0 aliphatic carbocycles. The van der Waals surface area contributed by atoms with E-state index in [4.69, 9.17) is 11.6 Å². The highest BCUT2D eigenvalue weighted by molar-refractivity contribution is 7.14. The standard InChI is InChI=1S/C21H20ClN3O2S/c1-2-3-4-14-5-11-17(12-6-14)23-20(27)18-13-28-21(24-18)25-19(26)15-7-9-16(22)10-8-15/h5-13H,2-4H2,1H3,(H,23,27)(H,24,25,26). The number of nitrogens with one attached hydrogen (secondary N) is 2. The van der Waals surface area contributed by atoms with Crippen molar-refractivity contribution in [2.75, 3.05) is 10.6 Å². The van der Waals surface area contributed by atoms with Gasteiger partial charge in [0.2, 0.25) is 0 Å². The average Bonchev–Trinajstić information content (AvgIpc) is 3.16. The van der Waals surface area contributed by atoms with Crippen LogP contribution in [-0.4, -0.2) is 16.8 Å². The molecule has 0 aliphatic rings. The Morgan fingerprint density at radius 3 is 2.39 bits per heavy atom. The molecule has 0 bridgehead atoms. The second-order valence-electron chi connectivity index (χ2n) is 6.25. The van der Waals surface area contributed by atoms with E-state index < -0.39 is 0 Å². The van der Waals surface area contributed by atoms with E-state index in [0.717, 1.165) is 19.3 Å². The fourth-order valence-corrected chi connectivity index (χ4v) is 3.35. The van der Waals surface area contributed by atoms with Crippen LogP contribution in [0.15, 0.2) is 53.9 Å². The van der Waals surface area contributed by atoms with Gasteiger partial charge in [-0.05, 0) is 54.8 Å². The molecule has 0 spiro atoms. The summed E-state index contributed by atoms with van der Waals surface area (Å²) in [5.74, 6) is -0.620. The fraction of sp³-hybridized carbons (Fsp3) is 0.190. The van der Waals surface area contributed by atoms with Crippen LogP contribution in [-0.2, 0) is 6.42 Å². The summed E-state index contributed by atoms with van der Waals surface area (Å²) in [5, 5.41) is 8.05. The topological polar surface area (TPSA) is 71.1 Å². The van der Waals surface area contributed by atoms with Crippen molar-refractivity contribution in [3.63, 3.8) is 0 Å². The predicted octanol–water partition coefficient (Wildman–Crippen LogP) is 5.64. The Balaban J connectivity index is 1.59. The maximum Gasteiger partial charge on any atom is 0.275 e. The Morgan fingerprint density at radius 2 is 1.71 bits per heavy atom. The molecule has 3 rings (SSSR count). The van der Waals surface area contributed by atoms with Crippen molar-refractivity contribution in [2.45, 2.75) is 26.2 Å². The lowest BCUT2D eigenvalue weighted by Gasteiger charge is -2.05. The Labute approximate surface area is 172 Å². The molecular weight excluding hydrogens is 394 g/mol. The van der Waals surface area contributed by atoms with Gasteiger partial charge in [-0.25, -0.2) is 4.98 Å². The first-order valence-corrected chi connectivity index (χ1v) is 10.2. The molecule has 0 aliphatic heterocycles. The highest BCUT2D eigenvalue weighted by Gasteiger charge is 2.13. The zero-order valence-electron chi connectivity index (χ0n) is 15.4. The number of hydrogen-bond donors (Lipinski definition) is 2. The minimum Gasteiger partial charge on any atom is -0.321 e. The van der Waals surface area contributed by atoms with Gasteiger partial charge in [0, 0.05) is 21.7 Å². The van der Waals surface area contributed by atoms with Crippen LogP contribution in [0.5, 0.6) is 0 Å². The van der Waals surface area contributed by atoms with Gasteiger partial charge in [0.25, 0.3) is 11.8 Å². The van der Waals surface area contributed by atoms with E-state index in [1.165, 1.54) is 16.9 Å². The molecule has 28 heavy (non-hydrogen) atoms. The molecule has 0 radical (unpaired) electrons. The lowest BCUT2D eigenvalue weighted by atomic mass is 10.1. The Bertz CT molecular complexity index is 953. The molecule has 1 aromatic heterocycles. The summed E-state index contributed by atoms with van der Waals surface area (Å²) in [4.78, 5) is 28.8. The van der Waals surface area contributed by atoms with Crippen molar-refractivity contribution in [3.05, 3.63) is 75.8 Å². The largest absolute Gasteiger partial charge is 0.321 e. The van der Waals surface area contributed by atoms with E-state index in [-0.39, 0.29) is 17.5 Å². The number of benzene rings is 2. The van der Waals surface area contributed by atoms with Crippen LogP contribution >= 0.6 is 22.9 Å². The van der Waals surface area contributed by atoms with Gasteiger partial charge < -0.3 is 5.32 Å². The van der Waals surface area contributed by atoms with E-state index in [9.17, 15) is 9.59 Å². The first-order chi connectivity index (χ1) is 13.5. The lowest BCUT2D eigenvalue weighted by molar-refractivity contribution is 0.101. The quantitative estimate of drug-likeness (QED) is 0.526. The number of amides is 2. The number of anilines is 2. The van der Waals surface area contributed by atoms with Gasteiger partial charge in [-0.15, -0.1) is 11.3 Å². The van der Waals surface area contributed by atoms with Crippen molar-refractivity contribution < 1.29 is 9.59 Å². The first kappa shape index (κ1) is 20.0. The molecule has 0 saturated carbocycles. The summed E-state index contributed by atoms with van der Waals surface area (Å²) in [7, 11) is 0. The number of rotatable bonds is 7. The number of carbonyl (C=O) groups excluding carboxylic acids is 2. The van der Waals surface area contributed by atoms with E-state index in [0.29, 0.717) is 21.4 Å². The van der Waals surface area contributed by atoms with Gasteiger partial charge in [0.15, 0.2) is 5.13 Å². The third-order valence-electron chi connectivity index (χ3n) is 4.09. The number of nitrogens with zero attached hydrogens (tertiary/aromatic N) is 1. The van der Waals surface area contributed by atoms with Crippen LogP contribution in [0.1, 0.15) is 46.2 Å². The van der Waals surface area contributed by atoms with Crippen LogP contribution in [0.4, 0.5) is 10.8 Å². The normalized spacial score (nSPS) is 10.5. The molecular formula is C21H20ClN3O2S. The van der Waals surface area contributed by atoms with Crippen LogP contribution in [0.2, 0.25) is 5.02 Å². The van der Waals surface area contributed by atoms with Gasteiger partial charge in [0.05, 0.1) is 0 Å². The summed E-state index contributed by atoms with van der Waals surface area (Å²) >= 11 is 7.02. The maximum absolute atomic E-state index is 12.4. The molecule has 2 amide bonds. The van der Waals surface area contributed by atoms with Crippen LogP contribution in [0.25, 0.3) is 0 Å². The number of aryl methyl sites for hydroxylation is 1. The molecule has 0 atom stereocenters. The molecule has 5 nitrogen and oxygen atoms in total. The van der Waals surface area contributed by atoms with Crippen molar-refractivity contribution in [3.8, 4) is 0 Å². The number of hydrogen-bond acceptors (Lipinski definition) is 4. The zero-order chi connectivity index (χ0) is 19.9. The lowest BCUT2D eigenvalue weighted by Crippen LogP contribution is -2.14. The third-order valence-corrected chi connectivity index (χ3v) is 5.10. The zero-order valence-corrected chi connectivity index (χ0v) is 16.9. The van der Waals surface area contributed by atoms with E-state index in [1.807, 2.05) is 24.3 Å². The Hall–Kier alpha value is -2.70. The summed E-state index contributed by atoms with van der Waals surface area (Å²) in [6.45, 7) is 2.16. The molecule has 1 heterocycles. The van der Waals surface area contributed by atoms with Crippen LogP contribution in [0, 0.1) is 0 Å². The van der Waals surface area contributed by atoms with Crippen molar-refractivity contribution in [1.82, 2.24) is 4.98 Å². The molecule has 0 saturated heterocycles. The monoisotopic (exact) mass is 413 g/mol. The molecule has 3 aromatic rings. The van der Waals surface area contributed by atoms with Gasteiger partial charge >= 0.3 is 0 Å². The molecule has 2 N–H and O–H groups in total. The average molecular weight is 414 g/mol. The highest BCUT2D eigenvalue weighted by atomic mass is 35.5. The summed E-state index contributed by atoms with van der Waals surface area (Å²) in [5.41, 5.74) is 2.69. The molecule has 0 fully saturated rings. The van der Waals surface area contributed by atoms with E-state index in [2.05, 4.69) is 22.5 Å². The van der Waals surface area contributed by atoms with Crippen molar-refractivity contribution >= 4 is 45.6 Å². The minimum absolute atomic E-state index is 0.256.